The maximum absolute atomic E-state index is 13.9. The number of halogens is 1. The summed E-state index contributed by atoms with van der Waals surface area (Å²) in [5, 5.41) is 20.8. The van der Waals surface area contributed by atoms with Gasteiger partial charge in [-0.2, -0.15) is 0 Å². The van der Waals surface area contributed by atoms with Gasteiger partial charge in [-0.15, -0.1) is 0 Å². The van der Waals surface area contributed by atoms with Crippen molar-refractivity contribution in [2.45, 2.75) is 38.1 Å². The molecule has 3 N–H and O–H groups in total. The normalized spacial score (nSPS) is 14.5. The smallest absolute Gasteiger partial charge is 0.303 e. The number of nitrogens with one attached hydrogen (secondary N) is 1. The number of ketones is 2. The molecule has 4 unspecified atom stereocenters. The van der Waals surface area contributed by atoms with Crippen molar-refractivity contribution in [3.8, 4) is 0 Å². The molecule has 0 amide bonds. The predicted octanol–water partition coefficient (Wildman–Crippen LogP) is 3.90. The SMILES string of the molecule is CC(=O)OC(C(C)O)C(O)c1cccc(C(=O)C(C(=O)c2cccc(F)c2)c2nc3ccccc3[nH]2)c1. The maximum atomic E-state index is 13.9. The first-order valence-corrected chi connectivity index (χ1v) is 11.6. The number of imidazole rings is 1. The molecule has 0 radical (unpaired) electrons. The van der Waals surface area contributed by atoms with Crippen LogP contribution in [0, 0.1) is 5.82 Å². The maximum Gasteiger partial charge on any atom is 0.303 e. The number of hydrogen-bond donors (Lipinski definition) is 3. The second kappa shape index (κ2) is 10.8. The van der Waals surface area contributed by atoms with Gasteiger partial charge in [-0.3, -0.25) is 14.4 Å². The van der Waals surface area contributed by atoms with Gasteiger partial charge in [0.1, 0.15) is 23.7 Å². The highest BCUT2D eigenvalue weighted by atomic mass is 19.1. The van der Waals surface area contributed by atoms with Gasteiger partial charge in [0.15, 0.2) is 17.7 Å². The van der Waals surface area contributed by atoms with Crippen LogP contribution in [0.4, 0.5) is 4.39 Å². The standard InChI is InChI=1S/C28H25FN2O6/c1-15(32)27(37-16(2)33)26(36)18-8-5-7-17(13-18)24(34)23(25(35)19-9-6-10-20(29)14-19)28-30-21-11-3-4-12-22(21)31-28/h3-15,23,26-27,32,36H,1-2H3,(H,30,31). The highest BCUT2D eigenvalue weighted by Crippen LogP contribution is 2.29. The fourth-order valence-electron chi connectivity index (χ4n) is 4.14. The zero-order valence-corrected chi connectivity index (χ0v) is 20.1. The van der Waals surface area contributed by atoms with Gasteiger partial charge in [0.25, 0.3) is 0 Å². The molecule has 0 saturated heterocycles. The fourth-order valence-corrected chi connectivity index (χ4v) is 4.14. The molecule has 4 rings (SSSR count). The largest absolute Gasteiger partial charge is 0.457 e. The lowest BCUT2D eigenvalue weighted by Crippen LogP contribution is -2.34. The summed E-state index contributed by atoms with van der Waals surface area (Å²) in [4.78, 5) is 46.2. The first kappa shape index (κ1) is 25.9. The number of ether oxygens (including phenoxy) is 1. The Morgan fingerprint density at radius 2 is 1.57 bits per heavy atom. The van der Waals surface area contributed by atoms with E-state index in [-0.39, 0.29) is 22.5 Å². The van der Waals surface area contributed by atoms with Crippen LogP contribution in [0.25, 0.3) is 11.0 Å². The number of Topliss-reactive ketones (excluding diaryl/α,β-unsaturated/α-hetero) is 2. The molecule has 0 saturated carbocycles. The molecule has 8 nitrogen and oxygen atoms in total. The van der Waals surface area contributed by atoms with Gasteiger partial charge >= 0.3 is 5.97 Å². The number of aliphatic hydroxyl groups excluding tert-OH is 2. The summed E-state index contributed by atoms with van der Waals surface area (Å²) in [5.41, 5.74) is 1.43. The van der Waals surface area contributed by atoms with E-state index in [0.29, 0.717) is 11.0 Å². The third kappa shape index (κ3) is 5.63. The van der Waals surface area contributed by atoms with E-state index < -0.39 is 47.6 Å². The monoisotopic (exact) mass is 504 g/mol. The van der Waals surface area contributed by atoms with E-state index in [0.717, 1.165) is 13.0 Å². The molecule has 0 bridgehead atoms. The molecule has 4 aromatic rings. The Morgan fingerprint density at radius 1 is 0.919 bits per heavy atom. The zero-order chi connectivity index (χ0) is 26.7. The average Bonchev–Trinajstić information content (AvgIpc) is 3.30. The molecule has 190 valence electrons. The number of aromatic amines is 1. The molecular formula is C28H25FN2O6. The molecular weight excluding hydrogens is 479 g/mol. The molecule has 4 atom stereocenters. The molecule has 0 aliphatic heterocycles. The quantitative estimate of drug-likeness (QED) is 0.179. The lowest BCUT2D eigenvalue weighted by atomic mass is 9.88. The van der Waals surface area contributed by atoms with E-state index in [1.54, 1.807) is 24.3 Å². The molecule has 0 aliphatic carbocycles. The van der Waals surface area contributed by atoms with Crippen LogP contribution in [0.3, 0.4) is 0 Å². The van der Waals surface area contributed by atoms with Crippen molar-refractivity contribution in [3.63, 3.8) is 0 Å². The lowest BCUT2D eigenvalue weighted by molar-refractivity contribution is -0.161. The van der Waals surface area contributed by atoms with Crippen molar-refractivity contribution in [2.75, 3.05) is 0 Å². The predicted molar refractivity (Wildman–Crippen MR) is 133 cm³/mol. The van der Waals surface area contributed by atoms with Crippen LogP contribution in [-0.2, 0) is 9.53 Å². The first-order valence-electron chi connectivity index (χ1n) is 11.6. The van der Waals surface area contributed by atoms with Crippen molar-refractivity contribution < 1.29 is 33.7 Å². The number of benzene rings is 3. The number of carbonyl (C=O) groups excluding carboxylic acids is 3. The zero-order valence-electron chi connectivity index (χ0n) is 20.1. The number of H-pyrrole nitrogens is 1. The van der Waals surface area contributed by atoms with Crippen molar-refractivity contribution in [3.05, 3.63) is 101 Å². The van der Waals surface area contributed by atoms with Crippen LogP contribution in [0.5, 0.6) is 0 Å². The molecule has 1 heterocycles. The Bertz CT molecular complexity index is 1430. The van der Waals surface area contributed by atoms with Crippen molar-refractivity contribution in [1.82, 2.24) is 9.97 Å². The van der Waals surface area contributed by atoms with Crippen LogP contribution in [0.1, 0.15) is 58.0 Å². The number of hydrogen-bond acceptors (Lipinski definition) is 7. The number of para-hydroxylation sites is 2. The van der Waals surface area contributed by atoms with Gasteiger partial charge in [0.05, 0.1) is 17.1 Å². The number of fused-ring (bicyclic) bond motifs is 1. The summed E-state index contributed by atoms with van der Waals surface area (Å²) in [6, 6.07) is 17.9. The van der Waals surface area contributed by atoms with Crippen LogP contribution in [0.15, 0.2) is 72.8 Å². The Kier molecular flexibility index (Phi) is 7.56. The van der Waals surface area contributed by atoms with Crippen LogP contribution in [0.2, 0.25) is 0 Å². The highest BCUT2D eigenvalue weighted by Gasteiger charge is 2.34. The van der Waals surface area contributed by atoms with Crippen LogP contribution >= 0.6 is 0 Å². The second-order valence-corrected chi connectivity index (χ2v) is 8.70. The van der Waals surface area contributed by atoms with Gasteiger partial charge in [-0.05, 0) is 42.8 Å². The van der Waals surface area contributed by atoms with Gasteiger partial charge in [-0.25, -0.2) is 9.37 Å². The van der Waals surface area contributed by atoms with Crippen molar-refractivity contribution in [1.29, 1.82) is 0 Å². The van der Waals surface area contributed by atoms with Gasteiger partial charge in [0, 0.05) is 18.1 Å². The number of esters is 1. The van der Waals surface area contributed by atoms with E-state index in [4.69, 9.17) is 4.74 Å². The minimum atomic E-state index is -1.44. The number of rotatable bonds is 9. The lowest BCUT2D eigenvalue weighted by Gasteiger charge is -2.25. The topological polar surface area (TPSA) is 130 Å². The van der Waals surface area contributed by atoms with E-state index in [1.165, 1.54) is 49.4 Å². The summed E-state index contributed by atoms with van der Waals surface area (Å²) in [7, 11) is 0. The molecule has 0 fully saturated rings. The minimum Gasteiger partial charge on any atom is -0.457 e. The Morgan fingerprint density at radius 3 is 2.19 bits per heavy atom. The highest BCUT2D eigenvalue weighted by molar-refractivity contribution is 6.19. The van der Waals surface area contributed by atoms with E-state index >= 15 is 0 Å². The van der Waals surface area contributed by atoms with Crippen molar-refractivity contribution in [2.24, 2.45) is 0 Å². The van der Waals surface area contributed by atoms with Gasteiger partial charge < -0.3 is 19.9 Å². The average molecular weight is 505 g/mol. The number of aromatic nitrogens is 2. The first-order chi connectivity index (χ1) is 17.7. The minimum absolute atomic E-state index is 0.000905. The summed E-state index contributed by atoms with van der Waals surface area (Å²) >= 11 is 0. The Labute approximate surface area is 211 Å². The Balaban J connectivity index is 1.76. The van der Waals surface area contributed by atoms with Crippen LogP contribution < -0.4 is 0 Å². The van der Waals surface area contributed by atoms with E-state index in [1.807, 2.05) is 0 Å². The van der Waals surface area contributed by atoms with E-state index in [9.17, 15) is 29.0 Å². The molecule has 1 aromatic heterocycles. The summed E-state index contributed by atoms with van der Waals surface area (Å²) in [5.74, 6) is -3.94. The molecule has 9 heteroatoms. The summed E-state index contributed by atoms with van der Waals surface area (Å²) < 4.78 is 19.0. The third-order valence-electron chi connectivity index (χ3n) is 5.92. The number of nitrogens with zero attached hydrogens (tertiary/aromatic N) is 1. The van der Waals surface area contributed by atoms with Crippen LogP contribution in [-0.4, -0.2) is 49.9 Å². The summed E-state index contributed by atoms with van der Waals surface area (Å²) in [6.45, 7) is 2.51. The molecule has 3 aromatic carbocycles. The van der Waals surface area contributed by atoms with Gasteiger partial charge in [0.2, 0.25) is 0 Å². The van der Waals surface area contributed by atoms with Gasteiger partial charge in [-0.1, -0.05) is 42.5 Å². The number of aliphatic hydroxyl groups is 2. The summed E-state index contributed by atoms with van der Waals surface area (Å²) in [6.07, 6.45) is -3.92. The molecule has 0 aliphatic rings. The molecule has 0 spiro atoms. The number of carbonyl (C=O) groups is 3. The fraction of sp³-hybridized carbons (Fsp3) is 0.214. The Hall–Kier alpha value is -4.21. The molecule has 37 heavy (non-hydrogen) atoms. The van der Waals surface area contributed by atoms with E-state index in [2.05, 4.69) is 9.97 Å². The van der Waals surface area contributed by atoms with Crippen molar-refractivity contribution >= 4 is 28.6 Å². The second-order valence-electron chi connectivity index (χ2n) is 8.70. The third-order valence-corrected chi connectivity index (χ3v) is 5.92.